The smallest absolute Gasteiger partial charge is 0.131 e. The fraction of sp³-hybridized carbons (Fsp3) is 0.455. The summed E-state index contributed by atoms with van der Waals surface area (Å²) in [7, 11) is 0. The first-order chi connectivity index (χ1) is 5.77. The molecule has 0 aliphatic heterocycles. The van der Waals surface area contributed by atoms with E-state index in [0.29, 0.717) is 0 Å². The Hall–Kier alpha value is -0.820. The zero-order valence-corrected chi connectivity index (χ0v) is 8.22. The van der Waals surface area contributed by atoms with Gasteiger partial charge in [0.2, 0.25) is 0 Å². The molecule has 1 N–H and O–H groups in total. The highest BCUT2D eigenvalue weighted by Crippen LogP contribution is 2.03. The van der Waals surface area contributed by atoms with Crippen molar-refractivity contribution in [3.05, 3.63) is 29.8 Å². The first-order valence-corrected chi connectivity index (χ1v) is 4.69. The molecule has 12 heavy (non-hydrogen) atoms. The number of quaternary nitrogens is 1. The van der Waals surface area contributed by atoms with Gasteiger partial charge in [0.1, 0.15) is 5.69 Å². The minimum absolute atomic E-state index is 1.17. The van der Waals surface area contributed by atoms with Crippen LogP contribution in [0.1, 0.15) is 19.4 Å². The summed E-state index contributed by atoms with van der Waals surface area (Å²) in [4.78, 5) is 1.55. The van der Waals surface area contributed by atoms with Crippen LogP contribution in [0.15, 0.2) is 24.3 Å². The lowest BCUT2D eigenvalue weighted by molar-refractivity contribution is -0.828. The maximum atomic E-state index is 2.22. The lowest BCUT2D eigenvalue weighted by Gasteiger charge is -2.14. The summed E-state index contributed by atoms with van der Waals surface area (Å²) in [6.45, 7) is 8.90. The van der Waals surface area contributed by atoms with E-state index < -0.39 is 0 Å². The Bertz CT molecular complexity index is 221. The number of nitrogens with one attached hydrogen (secondary N) is 1. The summed E-state index contributed by atoms with van der Waals surface area (Å²) in [5.74, 6) is 0. The average molecular weight is 164 g/mol. The van der Waals surface area contributed by atoms with E-state index in [4.69, 9.17) is 0 Å². The number of aryl methyl sites for hydroxylation is 1. The quantitative estimate of drug-likeness (QED) is 0.691. The van der Waals surface area contributed by atoms with Crippen molar-refractivity contribution in [3.8, 4) is 0 Å². The maximum absolute atomic E-state index is 2.22. The topological polar surface area (TPSA) is 4.44 Å². The molecule has 0 fully saturated rings. The van der Waals surface area contributed by atoms with Gasteiger partial charge in [-0.05, 0) is 32.9 Å². The van der Waals surface area contributed by atoms with Crippen molar-refractivity contribution < 1.29 is 4.90 Å². The molecule has 0 saturated carbocycles. The van der Waals surface area contributed by atoms with Gasteiger partial charge in [-0.1, -0.05) is 17.7 Å². The third-order valence-electron chi connectivity index (χ3n) is 2.31. The zero-order valence-electron chi connectivity index (χ0n) is 8.22. The van der Waals surface area contributed by atoms with Crippen molar-refractivity contribution in [2.45, 2.75) is 20.8 Å². The molecule has 0 heterocycles. The van der Waals surface area contributed by atoms with Gasteiger partial charge in [0.25, 0.3) is 0 Å². The molecule has 0 aromatic heterocycles. The lowest BCUT2D eigenvalue weighted by atomic mass is 10.2. The van der Waals surface area contributed by atoms with Gasteiger partial charge in [-0.2, -0.15) is 0 Å². The second-order valence-corrected chi connectivity index (χ2v) is 3.18. The van der Waals surface area contributed by atoms with Gasteiger partial charge in [-0.15, -0.1) is 0 Å². The molecular formula is C11H18N+. The highest BCUT2D eigenvalue weighted by atomic mass is 15.1. The molecule has 0 unspecified atom stereocenters. The highest BCUT2D eigenvalue weighted by Gasteiger charge is 2.04. The van der Waals surface area contributed by atoms with Crippen LogP contribution in [0, 0.1) is 6.92 Å². The van der Waals surface area contributed by atoms with Gasteiger partial charge in [-0.25, -0.2) is 0 Å². The SMILES string of the molecule is CC[NH+](CC)c1ccc(C)cc1. The van der Waals surface area contributed by atoms with Crippen LogP contribution in [-0.4, -0.2) is 13.1 Å². The van der Waals surface area contributed by atoms with E-state index in [0.717, 1.165) is 0 Å². The van der Waals surface area contributed by atoms with Crippen molar-refractivity contribution in [1.82, 2.24) is 0 Å². The zero-order chi connectivity index (χ0) is 8.97. The Morgan fingerprint density at radius 1 is 1.00 bits per heavy atom. The van der Waals surface area contributed by atoms with Crippen LogP contribution >= 0.6 is 0 Å². The second-order valence-electron chi connectivity index (χ2n) is 3.18. The molecule has 0 aliphatic rings. The van der Waals surface area contributed by atoms with Crippen molar-refractivity contribution in [2.75, 3.05) is 13.1 Å². The average Bonchev–Trinajstić information content (AvgIpc) is 2.10. The molecule has 66 valence electrons. The Kier molecular flexibility index (Phi) is 3.30. The normalized spacial score (nSPS) is 10.7. The number of rotatable bonds is 3. The summed E-state index contributed by atoms with van der Waals surface area (Å²) in [5, 5.41) is 0. The molecule has 0 aliphatic carbocycles. The second kappa shape index (κ2) is 4.27. The molecule has 1 aromatic rings. The lowest BCUT2D eigenvalue weighted by Crippen LogP contribution is -3.06. The third kappa shape index (κ3) is 2.08. The van der Waals surface area contributed by atoms with Crippen molar-refractivity contribution in [3.63, 3.8) is 0 Å². The van der Waals surface area contributed by atoms with Crippen LogP contribution in [0.4, 0.5) is 5.69 Å². The third-order valence-corrected chi connectivity index (χ3v) is 2.31. The van der Waals surface area contributed by atoms with Gasteiger partial charge in [0, 0.05) is 0 Å². The standard InChI is InChI=1S/C11H17N/c1-4-12(5-2)11-8-6-10(3)7-9-11/h6-9H,4-5H2,1-3H3/p+1. The number of hydrogen-bond donors (Lipinski definition) is 1. The molecule has 0 atom stereocenters. The molecule has 0 spiro atoms. The van der Waals surface area contributed by atoms with E-state index in [-0.39, 0.29) is 0 Å². The number of benzene rings is 1. The number of hydrogen-bond acceptors (Lipinski definition) is 0. The molecule has 1 rings (SSSR count). The minimum atomic E-state index is 1.17. The first kappa shape index (κ1) is 9.27. The highest BCUT2D eigenvalue weighted by molar-refractivity contribution is 5.31. The van der Waals surface area contributed by atoms with E-state index >= 15 is 0 Å². The van der Waals surface area contributed by atoms with Gasteiger partial charge in [0.15, 0.2) is 0 Å². The molecule has 0 saturated heterocycles. The van der Waals surface area contributed by atoms with Gasteiger partial charge in [-0.3, -0.25) is 0 Å². The van der Waals surface area contributed by atoms with Crippen molar-refractivity contribution in [1.29, 1.82) is 0 Å². The largest absolute Gasteiger partial charge is 0.303 e. The predicted molar refractivity (Wildman–Crippen MR) is 52.9 cm³/mol. The van der Waals surface area contributed by atoms with Gasteiger partial charge in [0.05, 0.1) is 13.1 Å². The Morgan fingerprint density at radius 2 is 1.50 bits per heavy atom. The fourth-order valence-corrected chi connectivity index (χ4v) is 1.45. The maximum Gasteiger partial charge on any atom is 0.131 e. The van der Waals surface area contributed by atoms with E-state index in [1.54, 1.807) is 4.90 Å². The Labute approximate surface area is 75.0 Å². The van der Waals surface area contributed by atoms with Crippen LogP contribution in [0.5, 0.6) is 0 Å². The predicted octanol–water partition coefficient (Wildman–Crippen LogP) is 1.55. The molecule has 0 radical (unpaired) electrons. The van der Waals surface area contributed by atoms with Crippen LogP contribution in [0.25, 0.3) is 0 Å². The van der Waals surface area contributed by atoms with Gasteiger partial charge >= 0.3 is 0 Å². The molecule has 1 aromatic carbocycles. The molecule has 0 bridgehead atoms. The summed E-state index contributed by atoms with van der Waals surface area (Å²) in [6, 6.07) is 8.80. The van der Waals surface area contributed by atoms with E-state index in [9.17, 15) is 0 Å². The van der Waals surface area contributed by atoms with Crippen molar-refractivity contribution in [2.24, 2.45) is 0 Å². The van der Waals surface area contributed by atoms with Crippen LogP contribution in [0.3, 0.4) is 0 Å². The molecule has 1 nitrogen and oxygen atoms in total. The summed E-state index contributed by atoms with van der Waals surface area (Å²) >= 11 is 0. The first-order valence-electron chi connectivity index (χ1n) is 4.69. The molecule has 1 heteroatoms. The van der Waals surface area contributed by atoms with Crippen LogP contribution < -0.4 is 4.90 Å². The van der Waals surface area contributed by atoms with Crippen LogP contribution in [-0.2, 0) is 0 Å². The molecular weight excluding hydrogens is 146 g/mol. The minimum Gasteiger partial charge on any atom is -0.303 e. The monoisotopic (exact) mass is 164 g/mol. The van der Waals surface area contributed by atoms with Gasteiger partial charge < -0.3 is 4.90 Å². The Balaban J connectivity index is 2.80. The van der Waals surface area contributed by atoms with E-state index in [1.165, 1.54) is 24.3 Å². The van der Waals surface area contributed by atoms with E-state index in [1.807, 2.05) is 0 Å². The fourth-order valence-electron chi connectivity index (χ4n) is 1.45. The van der Waals surface area contributed by atoms with Crippen molar-refractivity contribution >= 4 is 5.69 Å². The molecule has 0 amide bonds. The summed E-state index contributed by atoms with van der Waals surface area (Å²) < 4.78 is 0. The summed E-state index contributed by atoms with van der Waals surface area (Å²) in [5.41, 5.74) is 2.75. The van der Waals surface area contributed by atoms with Crippen LogP contribution in [0.2, 0.25) is 0 Å². The van der Waals surface area contributed by atoms with E-state index in [2.05, 4.69) is 45.0 Å². The Morgan fingerprint density at radius 3 is 1.92 bits per heavy atom. The summed E-state index contributed by atoms with van der Waals surface area (Å²) in [6.07, 6.45) is 0.